The molecule has 0 aliphatic rings. The van der Waals surface area contributed by atoms with E-state index in [0.29, 0.717) is 6.54 Å². The van der Waals surface area contributed by atoms with Gasteiger partial charge >= 0.3 is 0 Å². The number of non-ortho nitro benzene ring substituents is 1. The first-order valence-electron chi connectivity index (χ1n) is 9.78. The van der Waals surface area contributed by atoms with Crippen LogP contribution in [-0.2, 0) is 13.1 Å². The lowest BCUT2D eigenvalue weighted by Crippen LogP contribution is -2.23. The Bertz CT molecular complexity index is 1200. The molecule has 0 aliphatic carbocycles. The number of hydrogen-bond donors (Lipinski definition) is 1. The number of amides is 1. The van der Waals surface area contributed by atoms with Crippen molar-refractivity contribution in [3.63, 3.8) is 0 Å². The Hall–Kier alpha value is -4.26. The molecule has 0 radical (unpaired) electrons. The van der Waals surface area contributed by atoms with Crippen molar-refractivity contribution in [3.8, 4) is 11.3 Å². The van der Waals surface area contributed by atoms with Crippen molar-refractivity contribution in [3.05, 3.63) is 118 Å². The van der Waals surface area contributed by atoms with Crippen molar-refractivity contribution >= 4 is 11.6 Å². The summed E-state index contributed by atoms with van der Waals surface area (Å²) < 4.78 is 1.85. The van der Waals surface area contributed by atoms with E-state index in [1.54, 1.807) is 6.07 Å². The van der Waals surface area contributed by atoms with Crippen LogP contribution in [0.25, 0.3) is 11.3 Å². The molecule has 7 heteroatoms. The van der Waals surface area contributed by atoms with Crippen molar-refractivity contribution in [1.82, 2.24) is 15.1 Å². The number of rotatable bonds is 7. The Kier molecular flexibility index (Phi) is 5.84. The van der Waals surface area contributed by atoms with Crippen LogP contribution in [0.3, 0.4) is 0 Å². The highest BCUT2D eigenvalue weighted by Crippen LogP contribution is 2.22. The highest BCUT2D eigenvalue weighted by molar-refractivity contribution is 5.94. The first-order chi connectivity index (χ1) is 15.1. The second-order valence-electron chi connectivity index (χ2n) is 7.04. The van der Waals surface area contributed by atoms with Crippen LogP contribution < -0.4 is 5.32 Å². The van der Waals surface area contributed by atoms with E-state index in [4.69, 9.17) is 5.10 Å². The molecule has 4 aromatic rings. The standard InChI is InChI=1S/C24H20N4O3/c29-24(20-12-7-13-22(14-20)28(30)31)25-15-21-17-27(16-18-8-3-1-4-9-18)26-23(21)19-10-5-2-6-11-19/h1-14,17H,15-16H2,(H,25,29). The van der Waals surface area contributed by atoms with Gasteiger partial charge in [0.1, 0.15) is 0 Å². The number of aromatic nitrogens is 2. The van der Waals surface area contributed by atoms with Gasteiger partial charge in [0.05, 0.1) is 17.2 Å². The molecule has 0 aliphatic heterocycles. The number of nitro benzene ring substituents is 1. The lowest BCUT2D eigenvalue weighted by atomic mass is 10.1. The number of nitrogens with zero attached hydrogens (tertiary/aromatic N) is 3. The fourth-order valence-corrected chi connectivity index (χ4v) is 3.32. The van der Waals surface area contributed by atoms with Gasteiger partial charge < -0.3 is 5.32 Å². The van der Waals surface area contributed by atoms with E-state index in [0.717, 1.165) is 22.4 Å². The maximum atomic E-state index is 12.6. The van der Waals surface area contributed by atoms with E-state index >= 15 is 0 Å². The molecule has 0 spiro atoms. The predicted octanol–water partition coefficient (Wildman–Crippen LogP) is 4.44. The van der Waals surface area contributed by atoms with Crippen molar-refractivity contribution in [2.45, 2.75) is 13.1 Å². The van der Waals surface area contributed by atoms with Gasteiger partial charge in [0.2, 0.25) is 0 Å². The van der Waals surface area contributed by atoms with Crippen LogP contribution in [0.5, 0.6) is 0 Å². The van der Waals surface area contributed by atoms with Crippen LogP contribution in [0.15, 0.2) is 91.1 Å². The molecule has 0 saturated heterocycles. The van der Waals surface area contributed by atoms with Crippen LogP contribution >= 0.6 is 0 Å². The molecule has 7 nitrogen and oxygen atoms in total. The van der Waals surface area contributed by atoms with E-state index < -0.39 is 4.92 Å². The summed E-state index contributed by atoms with van der Waals surface area (Å²) in [6.45, 7) is 0.861. The number of nitro groups is 1. The minimum Gasteiger partial charge on any atom is -0.348 e. The van der Waals surface area contributed by atoms with Crippen LogP contribution in [-0.4, -0.2) is 20.6 Å². The molecule has 154 valence electrons. The fraction of sp³-hybridized carbons (Fsp3) is 0.0833. The van der Waals surface area contributed by atoms with Crippen molar-refractivity contribution in [2.24, 2.45) is 0 Å². The van der Waals surface area contributed by atoms with E-state index in [-0.39, 0.29) is 23.7 Å². The van der Waals surface area contributed by atoms with E-state index in [1.165, 1.54) is 18.2 Å². The molecule has 0 atom stereocenters. The summed E-state index contributed by atoms with van der Waals surface area (Å²) >= 11 is 0. The van der Waals surface area contributed by atoms with Gasteiger partial charge in [0.25, 0.3) is 11.6 Å². The molecule has 31 heavy (non-hydrogen) atoms. The maximum Gasteiger partial charge on any atom is 0.270 e. The molecular weight excluding hydrogens is 392 g/mol. The van der Waals surface area contributed by atoms with Gasteiger partial charge in [-0.25, -0.2) is 0 Å². The first kappa shape index (κ1) is 20.0. The Labute approximate surface area is 179 Å². The molecule has 0 unspecified atom stereocenters. The molecule has 3 aromatic carbocycles. The zero-order valence-electron chi connectivity index (χ0n) is 16.6. The molecule has 0 bridgehead atoms. The van der Waals surface area contributed by atoms with Gasteiger partial charge in [-0.05, 0) is 11.6 Å². The number of nitrogens with one attached hydrogen (secondary N) is 1. The van der Waals surface area contributed by atoms with Gasteiger partial charge in [-0.1, -0.05) is 66.7 Å². The largest absolute Gasteiger partial charge is 0.348 e. The summed E-state index contributed by atoms with van der Waals surface area (Å²) in [6.07, 6.45) is 1.92. The fourth-order valence-electron chi connectivity index (χ4n) is 3.32. The smallest absolute Gasteiger partial charge is 0.270 e. The molecule has 0 saturated carbocycles. The normalized spacial score (nSPS) is 10.6. The topological polar surface area (TPSA) is 90.1 Å². The third-order valence-corrected chi connectivity index (χ3v) is 4.83. The lowest BCUT2D eigenvalue weighted by Gasteiger charge is -2.06. The second kappa shape index (κ2) is 9.04. The van der Waals surface area contributed by atoms with Crippen molar-refractivity contribution in [1.29, 1.82) is 0 Å². The Morgan fingerprint density at radius 3 is 2.39 bits per heavy atom. The Morgan fingerprint density at radius 1 is 0.968 bits per heavy atom. The van der Waals surface area contributed by atoms with Crippen molar-refractivity contribution < 1.29 is 9.72 Å². The number of carbonyl (C=O) groups is 1. The Balaban J connectivity index is 1.57. The highest BCUT2D eigenvalue weighted by Gasteiger charge is 2.15. The molecule has 1 heterocycles. The van der Waals surface area contributed by atoms with E-state index in [1.807, 2.05) is 71.5 Å². The molecule has 1 aromatic heterocycles. The van der Waals surface area contributed by atoms with E-state index in [2.05, 4.69) is 5.32 Å². The average Bonchev–Trinajstić information content (AvgIpc) is 3.21. The summed E-state index contributed by atoms with van der Waals surface area (Å²) in [7, 11) is 0. The first-order valence-corrected chi connectivity index (χ1v) is 9.78. The van der Waals surface area contributed by atoms with Gasteiger partial charge in [-0.2, -0.15) is 5.10 Å². The molecule has 4 rings (SSSR count). The minimum absolute atomic E-state index is 0.117. The third-order valence-electron chi connectivity index (χ3n) is 4.83. The monoisotopic (exact) mass is 412 g/mol. The second-order valence-corrected chi connectivity index (χ2v) is 7.04. The van der Waals surface area contributed by atoms with Crippen LogP contribution in [0.2, 0.25) is 0 Å². The summed E-state index contributed by atoms with van der Waals surface area (Å²) in [5, 5.41) is 18.6. The summed E-state index contributed by atoms with van der Waals surface area (Å²) in [4.78, 5) is 23.0. The quantitative estimate of drug-likeness (QED) is 0.359. The Morgan fingerprint density at radius 2 is 1.68 bits per heavy atom. The zero-order chi connectivity index (χ0) is 21.6. The number of carbonyl (C=O) groups excluding carboxylic acids is 1. The van der Waals surface area contributed by atoms with Gasteiger partial charge in [-0.15, -0.1) is 0 Å². The summed E-state index contributed by atoms with van der Waals surface area (Å²) in [6, 6.07) is 25.5. The molecule has 0 fully saturated rings. The number of benzene rings is 3. The van der Waals surface area contributed by atoms with Crippen LogP contribution in [0.4, 0.5) is 5.69 Å². The van der Waals surface area contributed by atoms with Gasteiger partial charge in [0, 0.05) is 41.6 Å². The third kappa shape index (κ3) is 4.84. The van der Waals surface area contributed by atoms with Crippen LogP contribution in [0.1, 0.15) is 21.5 Å². The van der Waals surface area contributed by atoms with Gasteiger partial charge in [0.15, 0.2) is 0 Å². The van der Waals surface area contributed by atoms with Crippen molar-refractivity contribution in [2.75, 3.05) is 0 Å². The molecule has 1 amide bonds. The summed E-state index contributed by atoms with van der Waals surface area (Å²) in [5.41, 5.74) is 3.85. The molecular formula is C24H20N4O3. The minimum atomic E-state index is -0.516. The SMILES string of the molecule is O=C(NCc1cn(Cc2ccccc2)nc1-c1ccccc1)c1cccc([N+](=O)[O-])c1. The van der Waals surface area contributed by atoms with Crippen LogP contribution in [0, 0.1) is 10.1 Å². The number of hydrogen-bond acceptors (Lipinski definition) is 4. The highest BCUT2D eigenvalue weighted by atomic mass is 16.6. The average molecular weight is 412 g/mol. The predicted molar refractivity (Wildman–Crippen MR) is 117 cm³/mol. The summed E-state index contributed by atoms with van der Waals surface area (Å²) in [5.74, 6) is -0.376. The van der Waals surface area contributed by atoms with E-state index in [9.17, 15) is 14.9 Å². The zero-order valence-corrected chi connectivity index (χ0v) is 16.6. The van der Waals surface area contributed by atoms with Gasteiger partial charge in [-0.3, -0.25) is 19.6 Å². The lowest BCUT2D eigenvalue weighted by molar-refractivity contribution is -0.384. The molecule has 1 N–H and O–H groups in total. The maximum absolute atomic E-state index is 12.6.